The highest BCUT2D eigenvalue weighted by Crippen LogP contribution is 2.46. The van der Waals surface area contributed by atoms with E-state index in [9.17, 15) is 4.79 Å². The monoisotopic (exact) mass is 403 g/mol. The highest BCUT2D eigenvalue weighted by molar-refractivity contribution is 7.66. The number of anilines is 1. The fraction of sp³-hybridized carbons (Fsp3) is 0.500. The van der Waals surface area contributed by atoms with Gasteiger partial charge in [-0.1, -0.05) is 14.0 Å². The molecule has 2 fully saturated rings. The molecule has 1 aliphatic carbocycles. The van der Waals surface area contributed by atoms with Crippen molar-refractivity contribution < 1.29 is 9.90 Å². The first-order chi connectivity index (χ1) is 13.1. The number of aromatic nitrogens is 1. The zero-order valence-corrected chi connectivity index (χ0v) is 17.1. The van der Waals surface area contributed by atoms with Crippen LogP contribution >= 0.6 is 19.3 Å². The lowest BCUT2D eigenvalue weighted by molar-refractivity contribution is 0.185. The fourth-order valence-electron chi connectivity index (χ4n) is 4.24. The number of amides is 1. The lowest BCUT2D eigenvalue weighted by Gasteiger charge is -2.27. The summed E-state index contributed by atoms with van der Waals surface area (Å²) in [5.74, 6) is 0.449. The Labute approximate surface area is 165 Å². The molecule has 144 valence electrons. The quantitative estimate of drug-likeness (QED) is 0.515. The molecule has 0 radical (unpaired) electrons. The first-order valence-corrected chi connectivity index (χ1v) is 12.2. The SMILES string of the molecule is Nc1ccc(-c2cnc(C3CCC(NC(=O)O)CC3)s2)c(P2CCCC2)c1. The van der Waals surface area contributed by atoms with Crippen LogP contribution in [0.1, 0.15) is 49.5 Å². The minimum atomic E-state index is -0.917. The van der Waals surface area contributed by atoms with Crippen LogP contribution in [0.5, 0.6) is 0 Å². The van der Waals surface area contributed by atoms with Gasteiger partial charge in [0.2, 0.25) is 0 Å². The second-order valence-corrected chi connectivity index (χ2v) is 11.0. The lowest BCUT2D eigenvalue weighted by Crippen LogP contribution is -2.36. The summed E-state index contributed by atoms with van der Waals surface area (Å²) in [6, 6.07) is 6.46. The number of benzene rings is 1. The smallest absolute Gasteiger partial charge is 0.404 e. The Morgan fingerprint density at radius 1 is 1.22 bits per heavy atom. The van der Waals surface area contributed by atoms with E-state index in [4.69, 9.17) is 15.8 Å². The Kier molecular flexibility index (Phi) is 5.65. The molecule has 1 aromatic heterocycles. The summed E-state index contributed by atoms with van der Waals surface area (Å²) in [5, 5.41) is 14.1. The van der Waals surface area contributed by atoms with Crippen molar-refractivity contribution in [1.82, 2.24) is 10.3 Å². The second-order valence-electron chi connectivity index (χ2n) is 7.53. The van der Waals surface area contributed by atoms with Crippen LogP contribution in [0.2, 0.25) is 0 Å². The van der Waals surface area contributed by atoms with E-state index in [2.05, 4.69) is 17.4 Å². The zero-order valence-electron chi connectivity index (χ0n) is 15.4. The molecule has 1 aliphatic heterocycles. The van der Waals surface area contributed by atoms with Gasteiger partial charge < -0.3 is 16.2 Å². The number of hydrogen-bond donors (Lipinski definition) is 3. The van der Waals surface area contributed by atoms with E-state index in [0.29, 0.717) is 5.92 Å². The third-order valence-electron chi connectivity index (χ3n) is 5.66. The van der Waals surface area contributed by atoms with Crippen LogP contribution < -0.4 is 16.4 Å². The molecule has 4 N–H and O–H groups in total. The van der Waals surface area contributed by atoms with E-state index in [1.165, 1.54) is 45.9 Å². The summed E-state index contributed by atoms with van der Waals surface area (Å²) in [5.41, 5.74) is 8.27. The Morgan fingerprint density at radius 2 is 1.96 bits per heavy atom. The van der Waals surface area contributed by atoms with Crippen LogP contribution in [0.25, 0.3) is 10.4 Å². The van der Waals surface area contributed by atoms with Gasteiger partial charge in [0.1, 0.15) is 0 Å². The molecule has 1 saturated heterocycles. The highest BCUT2D eigenvalue weighted by Gasteiger charge is 2.26. The maximum absolute atomic E-state index is 10.8. The van der Waals surface area contributed by atoms with Crippen LogP contribution in [0.3, 0.4) is 0 Å². The molecule has 1 aromatic carbocycles. The van der Waals surface area contributed by atoms with E-state index in [-0.39, 0.29) is 14.0 Å². The van der Waals surface area contributed by atoms with Crippen LogP contribution in [-0.2, 0) is 0 Å². The number of thiazole rings is 1. The van der Waals surface area contributed by atoms with Gasteiger partial charge in [0.25, 0.3) is 0 Å². The van der Waals surface area contributed by atoms with E-state index in [0.717, 1.165) is 31.4 Å². The van der Waals surface area contributed by atoms with Crippen molar-refractivity contribution in [3.63, 3.8) is 0 Å². The maximum Gasteiger partial charge on any atom is 0.404 e. The number of carboxylic acid groups (broad SMARTS) is 1. The normalized spacial score (nSPS) is 23.4. The molecule has 1 saturated carbocycles. The van der Waals surface area contributed by atoms with Crippen LogP contribution in [-0.4, -0.2) is 34.5 Å². The molecular formula is C20H26N3O2PS. The van der Waals surface area contributed by atoms with Gasteiger partial charge in [-0.2, -0.15) is 0 Å². The van der Waals surface area contributed by atoms with Gasteiger partial charge in [0.15, 0.2) is 0 Å². The zero-order chi connectivity index (χ0) is 18.8. The summed E-state index contributed by atoms with van der Waals surface area (Å²) in [4.78, 5) is 16.8. The van der Waals surface area contributed by atoms with Crippen molar-refractivity contribution in [2.45, 2.75) is 50.5 Å². The lowest BCUT2D eigenvalue weighted by atomic mass is 9.86. The summed E-state index contributed by atoms with van der Waals surface area (Å²) in [6.45, 7) is 0. The summed E-state index contributed by atoms with van der Waals surface area (Å²) in [6.07, 6.45) is 10.2. The molecule has 0 atom stereocenters. The van der Waals surface area contributed by atoms with Crippen LogP contribution in [0.4, 0.5) is 10.5 Å². The minimum absolute atomic E-state index is 0.0856. The van der Waals surface area contributed by atoms with E-state index in [1.807, 2.05) is 23.6 Å². The Balaban J connectivity index is 1.51. The number of rotatable bonds is 4. The predicted octanol–water partition coefficient (Wildman–Crippen LogP) is 4.59. The first kappa shape index (κ1) is 18.7. The average Bonchev–Trinajstić information content (AvgIpc) is 3.34. The van der Waals surface area contributed by atoms with Gasteiger partial charge in [-0.3, -0.25) is 0 Å². The maximum atomic E-state index is 10.8. The summed E-state index contributed by atoms with van der Waals surface area (Å²) in [7, 11) is -0.0856. The third-order valence-corrected chi connectivity index (χ3v) is 9.62. The van der Waals surface area contributed by atoms with Crippen LogP contribution in [0.15, 0.2) is 24.4 Å². The minimum Gasteiger partial charge on any atom is -0.465 e. The molecule has 0 unspecified atom stereocenters. The number of nitrogens with zero attached hydrogens (tertiary/aromatic N) is 1. The Morgan fingerprint density at radius 3 is 2.67 bits per heavy atom. The number of nitrogens with two attached hydrogens (primary N) is 1. The van der Waals surface area contributed by atoms with Crippen molar-refractivity contribution in [2.24, 2.45) is 0 Å². The molecule has 0 bridgehead atoms. The fourth-order valence-corrected chi connectivity index (χ4v) is 8.22. The molecule has 1 amide bonds. The topological polar surface area (TPSA) is 88.2 Å². The highest BCUT2D eigenvalue weighted by atomic mass is 32.1. The van der Waals surface area contributed by atoms with Gasteiger partial charge in [0, 0.05) is 29.4 Å². The van der Waals surface area contributed by atoms with Crippen molar-refractivity contribution in [3.8, 4) is 10.4 Å². The van der Waals surface area contributed by atoms with Gasteiger partial charge in [-0.05, 0) is 68.3 Å². The predicted molar refractivity (Wildman–Crippen MR) is 114 cm³/mol. The van der Waals surface area contributed by atoms with Crippen LogP contribution in [0, 0.1) is 0 Å². The largest absolute Gasteiger partial charge is 0.465 e. The van der Waals surface area contributed by atoms with Gasteiger partial charge in [0.05, 0.1) is 9.88 Å². The summed E-state index contributed by atoms with van der Waals surface area (Å²) < 4.78 is 0. The number of carbonyl (C=O) groups is 1. The Bertz CT molecular complexity index is 811. The summed E-state index contributed by atoms with van der Waals surface area (Å²) >= 11 is 1.81. The van der Waals surface area contributed by atoms with E-state index < -0.39 is 6.09 Å². The molecule has 4 rings (SSSR count). The number of nitrogen functional groups attached to an aromatic ring is 1. The number of hydrogen-bond acceptors (Lipinski definition) is 4. The number of nitrogens with one attached hydrogen (secondary N) is 1. The van der Waals surface area contributed by atoms with E-state index >= 15 is 0 Å². The van der Waals surface area contributed by atoms with Crippen molar-refractivity contribution in [3.05, 3.63) is 29.4 Å². The second kappa shape index (κ2) is 8.15. The van der Waals surface area contributed by atoms with E-state index in [1.54, 1.807) is 0 Å². The third kappa shape index (κ3) is 4.27. The molecule has 2 aromatic rings. The molecule has 5 nitrogen and oxygen atoms in total. The molecule has 7 heteroatoms. The molecule has 2 aliphatic rings. The molecule has 2 heterocycles. The van der Waals surface area contributed by atoms with Gasteiger partial charge >= 0.3 is 6.09 Å². The van der Waals surface area contributed by atoms with Crippen molar-refractivity contribution >= 4 is 36.3 Å². The molecule has 27 heavy (non-hydrogen) atoms. The van der Waals surface area contributed by atoms with Gasteiger partial charge in [-0.25, -0.2) is 9.78 Å². The first-order valence-electron chi connectivity index (χ1n) is 9.70. The molecular weight excluding hydrogens is 377 g/mol. The van der Waals surface area contributed by atoms with Crippen molar-refractivity contribution in [2.75, 3.05) is 18.1 Å². The standard InChI is InChI=1S/C20H26N3O2PS/c21-14-5-8-16(17(11-14)26-9-1-2-10-26)18-12-22-19(27-18)13-3-6-15(7-4-13)23-20(24)25/h5,8,11-13,15,23H,1-4,6-7,9-10,21H2,(H,24,25). The Hall–Kier alpha value is -1.65. The van der Waals surface area contributed by atoms with Gasteiger partial charge in [-0.15, -0.1) is 11.3 Å². The van der Waals surface area contributed by atoms with Crippen molar-refractivity contribution in [1.29, 1.82) is 0 Å². The molecule has 0 spiro atoms. The average molecular weight is 403 g/mol.